The van der Waals surface area contributed by atoms with Crippen LogP contribution in [0.4, 0.5) is 0 Å². The summed E-state index contributed by atoms with van der Waals surface area (Å²) in [5.74, 6) is 0.0926. The maximum atomic E-state index is 10.1. The first-order chi connectivity index (χ1) is 3.64. The Morgan fingerprint density at radius 2 is 1.50 bits per heavy atom. The Morgan fingerprint density at radius 1 is 1.38 bits per heavy atom. The molecule has 0 N–H and O–H groups in total. The van der Waals surface area contributed by atoms with Gasteiger partial charge in [-0.15, -0.1) is 0 Å². The first-order valence-corrected chi connectivity index (χ1v) is 8.25. The van der Waals surface area contributed by atoms with Crippen molar-refractivity contribution in [2.75, 3.05) is 14.1 Å². The van der Waals surface area contributed by atoms with Crippen LogP contribution in [0.1, 0.15) is 6.92 Å². The zero-order chi connectivity index (χ0) is 7.15. The molecule has 0 aromatic heterocycles. The Labute approximate surface area is 73.3 Å². The van der Waals surface area contributed by atoms with Crippen LogP contribution in [-0.2, 0) is 4.79 Å². The molecular formula is C4H9I2NO. The van der Waals surface area contributed by atoms with E-state index in [-0.39, 0.29) is 5.91 Å². The van der Waals surface area contributed by atoms with Crippen molar-refractivity contribution in [2.45, 2.75) is 6.92 Å². The van der Waals surface area contributed by atoms with Gasteiger partial charge < -0.3 is 4.90 Å². The molecule has 1 amide bonds. The van der Waals surface area contributed by atoms with E-state index >= 15 is 0 Å². The molecule has 0 aliphatic heterocycles. The van der Waals surface area contributed by atoms with Gasteiger partial charge in [-0.3, -0.25) is 4.79 Å². The highest BCUT2D eigenvalue weighted by Gasteiger charge is 1.87. The molecule has 0 heterocycles. The molecule has 0 aliphatic carbocycles. The van der Waals surface area contributed by atoms with Crippen molar-refractivity contribution in [3.8, 4) is 0 Å². The molecule has 4 heteroatoms. The summed E-state index contributed by atoms with van der Waals surface area (Å²) in [6.45, 7) is 1.53. The van der Waals surface area contributed by atoms with Gasteiger partial charge in [-0.2, -0.15) is 0 Å². The minimum Gasteiger partial charge on any atom is -0.349 e. The van der Waals surface area contributed by atoms with Gasteiger partial charge in [0.2, 0.25) is 5.91 Å². The fraction of sp³-hybridized carbons (Fsp3) is 0.750. The normalized spacial score (nSPS) is 6.62. The smallest absolute Gasteiger partial charge is 0.218 e. The summed E-state index contributed by atoms with van der Waals surface area (Å²) in [6, 6.07) is 0. The quantitative estimate of drug-likeness (QED) is 0.616. The van der Waals surface area contributed by atoms with E-state index in [2.05, 4.69) is 37.2 Å². The molecule has 0 radical (unpaired) electrons. The third kappa shape index (κ3) is 10.0. The summed E-state index contributed by atoms with van der Waals surface area (Å²) in [6.07, 6.45) is 0. The lowest BCUT2D eigenvalue weighted by Crippen LogP contribution is -2.17. The number of carbonyl (C=O) groups is 1. The molecule has 0 unspecified atom stereocenters. The van der Waals surface area contributed by atoms with Crippen LogP contribution in [0.5, 0.6) is 0 Å². The van der Waals surface area contributed by atoms with E-state index in [1.165, 1.54) is 11.8 Å². The highest BCUT2D eigenvalue weighted by atomic mass is 128. The Hall–Kier alpha value is 0.930. The van der Waals surface area contributed by atoms with Gasteiger partial charge in [-0.25, -0.2) is 0 Å². The summed E-state index contributed by atoms with van der Waals surface area (Å²) >= 11 is 4.24. The van der Waals surface area contributed by atoms with E-state index in [0.717, 1.165) is 0 Å². The van der Waals surface area contributed by atoms with Gasteiger partial charge in [-0.1, -0.05) is 0 Å². The number of halogens is 2. The zero-order valence-electron chi connectivity index (χ0n) is 5.11. The second-order valence-electron chi connectivity index (χ2n) is 1.41. The number of rotatable bonds is 0. The Bertz CT molecular complexity index is 65.1. The van der Waals surface area contributed by atoms with Crippen molar-refractivity contribution >= 4 is 43.1 Å². The molecule has 0 rings (SSSR count). The molecule has 0 fully saturated rings. The van der Waals surface area contributed by atoms with E-state index in [1.54, 1.807) is 14.1 Å². The van der Waals surface area contributed by atoms with Gasteiger partial charge >= 0.3 is 0 Å². The van der Waals surface area contributed by atoms with Gasteiger partial charge in [0.05, 0.1) is 0 Å². The molecule has 0 atom stereocenters. The van der Waals surface area contributed by atoms with Gasteiger partial charge in [-0.05, 0) is 0 Å². The minimum atomic E-state index is 0.0926. The van der Waals surface area contributed by atoms with Crippen molar-refractivity contribution in [1.82, 2.24) is 4.90 Å². The average molecular weight is 341 g/mol. The number of hydrogen-bond donors (Lipinski definition) is 0. The largest absolute Gasteiger partial charge is 0.349 e. The summed E-state index contributed by atoms with van der Waals surface area (Å²) < 4.78 is 0. The van der Waals surface area contributed by atoms with E-state index in [4.69, 9.17) is 0 Å². The van der Waals surface area contributed by atoms with Gasteiger partial charge in [0.15, 0.2) is 0 Å². The van der Waals surface area contributed by atoms with Crippen LogP contribution >= 0.6 is 37.2 Å². The zero-order valence-corrected chi connectivity index (χ0v) is 9.43. The summed E-state index contributed by atoms with van der Waals surface area (Å²) in [5.41, 5.74) is 0. The van der Waals surface area contributed by atoms with Crippen LogP contribution in [0, 0.1) is 0 Å². The van der Waals surface area contributed by atoms with E-state index in [1.807, 2.05) is 0 Å². The molecule has 0 aliphatic rings. The fourth-order valence-electron chi connectivity index (χ4n) is 0. The van der Waals surface area contributed by atoms with Crippen molar-refractivity contribution < 1.29 is 4.79 Å². The molecule has 0 aromatic rings. The Kier molecular flexibility index (Phi) is 11.6. The van der Waals surface area contributed by atoms with Gasteiger partial charge in [0.25, 0.3) is 0 Å². The molecule has 0 aromatic carbocycles. The van der Waals surface area contributed by atoms with E-state index in [0.29, 0.717) is 0 Å². The van der Waals surface area contributed by atoms with Crippen LogP contribution in [0.2, 0.25) is 0 Å². The highest BCUT2D eigenvalue weighted by Crippen LogP contribution is 1.89. The lowest BCUT2D eigenvalue weighted by atomic mass is 10.7. The standard InChI is InChI=1S/C4H9NO.I2/c1-4(6)5(2)3;1-2/h1-3H3;. The van der Waals surface area contributed by atoms with Crippen molar-refractivity contribution in [3.63, 3.8) is 0 Å². The monoisotopic (exact) mass is 341 g/mol. The summed E-state index contributed by atoms with van der Waals surface area (Å²) in [4.78, 5) is 11.6. The summed E-state index contributed by atoms with van der Waals surface area (Å²) in [7, 11) is 3.45. The van der Waals surface area contributed by atoms with Crippen LogP contribution in [0.25, 0.3) is 0 Å². The molecule has 2 nitrogen and oxygen atoms in total. The molecular weight excluding hydrogens is 332 g/mol. The lowest BCUT2D eigenvalue weighted by molar-refractivity contribution is -0.126. The van der Waals surface area contributed by atoms with E-state index < -0.39 is 0 Å². The predicted molar refractivity (Wildman–Crippen MR) is 52.4 cm³/mol. The van der Waals surface area contributed by atoms with Crippen molar-refractivity contribution in [1.29, 1.82) is 0 Å². The number of carbonyl (C=O) groups excluding carboxylic acids is 1. The maximum absolute atomic E-state index is 10.1. The number of amides is 1. The Morgan fingerprint density at radius 3 is 1.50 bits per heavy atom. The third-order valence-electron chi connectivity index (χ3n) is 0.630. The van der Waals surface area contributed by atoms with Crippen LogP contribution in [0.15, 0.2) is 0 Å². The first kappa shape index (κ1) is 11.7. The summed E-state index contributed by atoms with van der Waals surface area (Å²) in [5, 5.41) is 0. The first-order valence-electron chi connectivity index (χ1n) is 1.97. The topological polar surface area (TPSA) is 20.3 Å². The average Bonchev–Trinajstić information content (AvgIpc) is 1.72. The Balaban J connectivity index is 0. The highest BCUT2D eigenvalue weighted by molar-refractivity contribution is 15.0. The second kappa shape index (κ2) is 7.93. The molecule has 8 heavy (non-hydrogen) atoms. The van der Waals surface area contributed by atoms with E-state index in [9.17, 15) is 4.79 Å². The van der Waals surface area contributed by atoms with Gasteiger partial charge in [0.1, 0.15) is 0 Å². The van der Waals surface area contributed by atoms with Crippen molar-refractivity contribution in [2.24, 2.45) is 0 Å². The maximum Gasteiger partial charge on any atom is 0.218 e. The van der Waals surface area contributed by atoms with Crippen LogP contribution < -0.4 is 0 Å². The fourth-order valence-corrected chi connectivity index (χ4v) is 0. The van der Waals surface area contributed by atoms with Crippen LogP contribution in [-0.4, -0.2) is 24.9 Å². The van der Waals surface area contributed by atoms with Gasteiger partial charge in [0, 0.05) is 58.3 Å². The molecule has 0 saturated heterocycles. The molecule has 0 bridgehead atoms. The number of hydrogen-bond acceptors (Lipinski definition) is 1. The second-order valence-corrected chi connectivity index (χ2v) is 1.41. The number of nitrogens with zero attached hydrogens (tertiary/aromatic N) is 1. The SMILES string of the molecule is CC(=O)N(C)C.II. The molecule has 0 saturated carbocycles. The minimum absolute atomic E-state index is 0.0926. The lowest BCUT2D eigenvalue weighted by Gasteiger charge is -2.02. The molecule has 50 valence electrons. The molecule has 0 spiro atoms. The predicted octanol–water partition coefficient (Wildman–Crippen LogP) is 1.87. The van der Waals surface area contributed by atoms with Crippen molar-refractivity contribution in [3.05, 3.63) is 0 Å². The third-order valence-corrected chi connectivity index (χ3v) is 0.630. The van der Waals surface area contributed by atoms with Crippen LogP contribution in [0.3, 0.4) is 0 Å².